The highest BCUT2D eigenvalue weighted by molar-refractivity contribution is 5.86. The Morgan fingerprint density at radius 2 is 1.82 bits per heavy atom. The summed E-state index contributed by atoms with van der Waals surface area (Å²) >= 11 is 0. The van der Waals surface area contributed by atoms with Crippen molar-refractivity contribution in [2.24, 2.45) is 0 Å². The third-order valence-corrected chi connectivity index (χ3v) is 5.92. The van der Waals surface area contributed by atoms with Crippen LogP contribution in [-0.4, -0.2) is 47.9 Å². The van der Waals surface area contributed by atoms with Crippen molar-refractivity contribution in [3.05, 3.63) is 71.2 Å². The van der Waals surface area contributed by atoms with E-state index in [1.807, 2.05) is 50.2 Å². The second-order valence-corrected chi connectivity index (χ2v) is 8.00. The lowest BCUT2D eigenvalue weighted by atomic mass is 9.94. The number of nitrogens with one attached hydrogen (secondary N) is 1. The average molecular weight is 463 g/mol. The lowest BCUT2D eigenvalue weighted by Gasteiger charge is -2.35. The van der Waals surface area contributed by atoms with E-state index < -0.39 is 6.04 Å². The molecule has 0 radical (unpaired) electrons. The first-order chi connectivity index (χ1) is 16.5. The van der Waals surface area contributed by atoms with Crippen LogP contribution < -0.4 is 10.1 Å². The smallest absolute Gasteiger partial charge is 0.322 e. The number of allylic oxidation sites excluding steroid dienone is 1. The molecular weight excluding hydrogens is 432 g/mol. The molecule has 0 saturated heterocycles. The van der Waals surface area contributed by atoms with E-state index in [1.54, 1.807) is 12.0 Å². The molecule has 1 aliphatic heterocycles. The molecule has 1 unspecified atom stereocenters. The van der Waals surface area contributed by atoms with Gasteiger partial charge in [-0.3, -0.25) is 4.90 Å². The van der Waals surface area contributed by atoms with Crippen molar-refractivity contribution in [2.45, 2.75) is 33.2 Å². The summed E-state index contributed by atoms with van der Waals surface area (Å²) in [7, 11) is 1.61. The fraction of sp³-hybridized carbons (Fsp3) is 0.346. The van der Waals surface area contributed by atoms with Crippen molar-refractivity contribution in [3.63, 3.8) is 0 Å². The number of carbonyl (C=O) groups is 1. The number of urea groups is 1. The van der Waals surface area contributed by atoms with E-state index in [1.165, 1.54) is 5.56 Å². The number of benzene rings is 2. The van der Waals surface area contributed by atoms with Crippen molar-refractivity contribution in [2.75, 3.05) is 26.9 Å². The highest BCUT2D eigenvalue weighted by Gasteiger charge is 2.35. The number of nitrogens with zero attached hydrogens (tertiary/aromatic N) is 3. The molecule has 1 N–H and O–H groups in total. The van der Waals surface area contributed by atoms with E-state index in [-0.39, 0.29) is 6.03 Å². The van der Waals surface area contributed by atoms with Crippen LogP contribution in [0.3, 0.4) is 0 Å². The quantitative estimate of drug-likeness (QED) is 0.489. The van der Waals surface area contributed by atoms with E-state index in [4.69, 9.17) is 19.0 Å². The fourth-order valence-corrected chi connectivity index (χ4v) is 4.02. The standard InChI is InChI=1S/C26H30N4O4/c1-5-18-7-9-20(10-8-18)24-28-25(34-29-24)22-17(3)30(15-16-32-4)26(31)27-23(22)19-11-13-21(14-12-19)33-6-2/h7-14,23H,5-6,15-16H2,1-4H3,(H,27,31). The van der Waals surface area contributed by atoms with Gasteiger partial charge in [0.2, 0.25) is 5.82 Å². The molecule has 1 atom stereocenters. The van der Waals surface area contributed by atoms with Crippen molar-refractivity contribution >= 4 is 11.6 Å². The minimum atomic E-state index is -0.447. The third kappa shape index (κ3) is 4.82. The van der Waals surface area contributed by atoms with Crippen LogP contribution in [0, 0.1) is 0 Å². The number of aryl methyl sites for hydroxylation is 1. The second-order valence-electron chi connectivity index (χ2n) is 8.00. The summed E-state index contributed by atoms with van der Waals surface area (Å²) in [6, 6.07) is 15.1. The summed E-state index contributed by atoms with van der Waals surface area (Å²) < 4.78 is 16.5. The summed E-state index contributed by atoms with van der Waals surface area (Å²) in [4.78, 5) is 19.3. The molecular formula is C26H30N4O4. The Kier molecular flexibility index (Phi) is 7.27. The maximum Gasteiger partial charge on any atom is 0.322 e. The molecule has 0 saturated carbocycles. The summed E-state index contributed by atoms with van der Waals surface area (Å²) in [6.07, 6.45) is 0.963. The molecule has 2 aromatic carbocycles. The van der Waals surface area contributed by atoms with Crippen LogP contribution in [-0.2, 0) is 11.2 Å². The van der Waals surface area contributed by atoms with Crippen molar-refractivity contribution < 1.29 is 18.8 Å². The molecule has 2 heterocycles. The topological polar surface area (TPSA) is 89.7 Å². The first kappa shape index (κ1) is 23.5. The van der Waals surface area contributed by atoms with Gasteiger partial charge in [-0.1, -0.05) is 48.5 Å². The molecule has 2 amide bonds. The van der Waals surface area contributed by atoms with Gasteiger partial charge in [-0.15, -0.1) is 0 Å². The van der Waals surface area contributed by atoms with E-state index in [0.29, 0.717) is 31.5 Å². The molecule has 8 nitrogen and oxygen atoms in total. The molecule has 178 valence electrons. The highest BCUT2D eigenvalue weighted by Crippen LogP contribution is 2.37. The van der Waals surface area contributed by atoms with Crippen LogP contribution >= 0.6 is 0 Å². The molecule has 1 aliphatic rings. The largest absolute Gasteiger partial charge is 0.494 e. The Hall–Kier alpha value is -3.65. The van der Waals surface area contributed by atoms with Gasteiger partial charge in [-0.25, -0.2) is 4.79 Å². The van der Waals surface area contributed by atoms with E-state index >= 15 is 0 Å². The van der Waals surface area contributed by atoms with E-state index in [2.05, 4.69) is 29.5 Å². The lowest BCUT2D eigenvalue weighted by molar-refractivity contribution is 0.158. The van der Waals surface area contributed by atoms with Crippen molar-refractivity contribution in [1.29, 1.82) is 0 Å². The Labute approximate surface area is 199 Å². The van der Waals surface area contributed by atoms with Crippen LogP contribution in [0.4, 0.5) is 4.79 Å². The summed E-state index contributed by atoms with van der Waals surface area (Å²) in [5.41, 5.74) is 4.51. The molecule has 8 heteroatoms. The Balaban J connectivity index is 1.74. The predicted molar refractivity (Wildman–Crippen MR) is 129 cm³/mol. The minimum absolute atomic E-state index is 0.202. The summed E-state index contributed by atoms with van der Waals surface area (Å²) in [5.74, 6) is 1.64. The van der Waals surface area contributed by atoms with Gasteiger partial charge in [-0.05, 0) is 43.5 Å². The minimum Gasteiger partial charge on any atom is -0.494 e. The van der Waals surface area contributed by atoms with Gasteiger partial charge in [-0.2, -0.15) is 4.98 Å². The zero-order valence-corrected chi connectivity index (χ0v) is 20.0. The molecule has 0 fully saturated rings. The molecule has 0 spiro atoms. The molecule has 1 aromatic heterocycles. The zero-order valence-electron chi connectivity index (χ0n) is 20.0. The van der Waals surface area contributed by atoms with Gasteiger partial charge in [0, 0.05) is 18.4 Å². The van der Waals surface area contributed by atoms with Gasteiger partial charge < -0.3 is 19.3 Å². The molecule has 34 heavy (non-hydrogen) atoms. The Morgan fingerprint density at radius 3 is 2.47 bits per heavy atom. The maximum absolute atomic E-state index is 13.0. The van der Waals surface area contributed by atoms with Crippen LogP contribution in [0.15, 0.2) is 58.8 Å². The van der Waals surface area contributed by atoms with Crippen LogP contribution in [0.1, 0.15) is 43.8 Å². The third-order valence-electron chi connectivity index (χ3n) is 5.92. The number of hydrogen-bond acceptors (Lipinski definition) is 6. The first-order valence-electron chi connectivity index (χ1n) is 11.5. The van der Waals surface area contributed by atoms with Crippen LogP contribution in [0.25, 0.3) is 17.0 Å². The summed E-state index contributed by atoms with van der Waals surface area (Å²) in [5, 5.41) is 7.32. The SMILES string of the molecule is CCOc1ccc(C2NC(=O)N(CCOC)C(C)=C2c2nc(-c3ccc(CC)cc3)no2)cc1. The molecule has 0 bridgehead atoms. The van der Waals surface area contributed by atoms with Gasteiger partial charge in [0.25, 0.3) is 5.89 Å². The molecule has 3 aromatic rings. The number of aromatic nitrogens is 2. The number of hydrogen-bond donors (Lipinski definition) is 1. The number of methoxy groups -OCH3 is 1. The van der Waals surface area contributed by atoms with E-state index in [0.717, 1.165) is 34.6 Å². The summed E-state index contributed by atoms with van der Waals surface area (Å²) in [6.45, 7) is 7.35. The van der Waals surface area contributed by atoms with E-state index in [9.17, 15) is 4.79 Å². The molecule has 0 aliphatic carbocycles. The van der Waals surface area contributed by atoms with Gasteiger partial charge in [0.15, 0.2) is 0 Å². The zero-order chi connectivity index (χ0) is 24.1. The number of amides is 2. The Bertz CT molecular complexity index is 1150. The van der Waals surface area contributed by atoms with Crippen LogP contribution in [0.5, 0.6) is 5.75 Å². The maximum atomic E-state index is 13.0. The van der Waals surface area contributed by atoms with Crippen molar-refractivity contribution in [3.8, 4) is 17.1 Å². The predicted octanol–water partition coefficient (Wildman–Crippen LogP) is 4.84. The number of rotatable bonds is 9. The van der Waals surface area contributed by atoms with Gasteiger partial charge >= 0.3 is 6.03 Å². The number of carbonyl (C=O) groups excluding carboxylic acids is 1. The lowest BCUT2D eigenvalue weighted by Crippen LogP contribution is -2.47. The normalized spacial score (nSPS) is 16.1. The van der Waals surface area contributed by atoms with Gasteiger partial charge in [0.05, 0.1) is 31.4 Å². The average Bonchev–Trinajstić information content (AvgIpc) is 3.34. The van der Waals surface area contributed by atoms with Crippen molar-refractivity contribution in [1.82, 2.24) is 20.4 Å². The highest BCUT2D eigenvalue weighted by atomic mass is 16.5. The van der Waals surface area contributed by atoms with Crippen LogP contribution in [0.2, 0.25) is 0 Å². The van der Waals surface area contributed by atoms with Gasteiger partial charge in [0.1, 0.15) is 5.75 Å². The second kappa shape index (κ2) is 10.5. The Morgan fingerprint density at radius 1 is 1.09 bits per heavy atom. The number of ether oxygens (including phenoxy) is 2. The molecule has 4 rings (SSSR count). The fourth-order valence-electron chi connectivity index (χ4n) is 4.02. The monoisotopic (exact) mass is 462 g/mol. The first-order valence-corrected chi connectivity index (χ1v) is 11.5.